The molecule has 0 bridgehead atoms. The number of aliphatic carboxylic acids is 1. The third kappa shape index (κ3) is 2.64. The number of carboxylic acids is 1. The van der Waals surface area contributed by atoms with Gasteiger partial charge in [0.15, 0.2) is 0 Å². The predicted octanol–water partition coefficient (Wildman–Crippen LogP) is 1.96. The summed E-state index contributed by atoms with van der Waals surface area (Å²) >= 11 is 0. The van der Waals surface area contributed by atoms with Crippen molar-refractivity contribution >= 4 is 5.97 Å². The lowest BCUT2D eigenvalue weighted by Crippen LogP contribution is -2.40. The van der Waals surface area contributed by atoms with Gasteiger partial charge < -0.3 is 5.11 Å². The molecule has 2 aromatic rings. The molecular formula is C17H21N3O2. The highest BCUT2D eigenvalue weighted by atomic mass is 16.4. The first-order valence-corrected chi connectivity index (χ1v) is 7.65. The highest BCUT2D eigenvalue weighted by molar-refractivity contribution is 5.73. The first kappa shape index (κ1) is 14.8. The molecule has 5 heteroatoms. The Bertz CT molecular complexity index is 679. The second-order valence-electron chi connectivity index (χ2n) is 5.81. The van der Waals surface area contributed by atoms with Crippen molar-refractivity contribution < 1.29 is 9.90 Å². The van der Waals surface area contributed by atoms with Crippen LogP contribution in [0.3, 0.4) is 0 Å². The van der Waals surface area contributed by atoms with Gasteiger partial charge in [0, 0.05) is 43.4 Å². The molecule has 0 aliphatic carbocycles. The maximum Gasteiger partial charge on any atom is 0.320 e. The topological polar surface area (TPSA) is 58.4 Å². The Morgan fingerprint density at radius 1 is 1.23 bits per heavy atom. The third-order valence-corrected chi connectivity index (χ3v) is 4.51. The Kier molecular flexibility index (Phi) is 3.98. The molecule has 1 atom stereocenters. The Morgan fingerprint density at radius 3 is 2.59 bits per heavy atom. The van der Waals surface area contributed by atoms with E-state index in [2.05, 4.69) is 12.1 Å². The van der Waals surface area contributed by atoms with Crippen LogP contribution in [0.2, 0.25) is 0 Å². The van der Waals surface area contributed by atoms with Gasteiger partial charge in [-0.3, -0.25) is 14.4 Å². The summed E-state index contributed by atoms with van der Waals surface area (Å²) in [5, 5.41) is 13.9. The van der Waals surface area contributed by atoms with Gasteiger partial charge in [-0.1, -0.05) is 30.3 Å². The van der Waals surface area contributed by atoms with Crippen molar-refractivity contribution in [2.45, 2.75) is 25.8 Å². The fraction of sp³-hybridized carbons (Fsp3) is 0.412. The van der Waals surface area contributed by atoms with Crippen molar-refractivity contribution in [1.82, 2.24) is 14.7 Å². The standard InChI is InChI=1S/C17H21N3O2/c1-12(17(21)22)20-10-8-14-15(9-11-20)19(2)18-16(14)13-6-4-3-5-7-13/h3-7,12H,8-11H2,1-2H3,(H,21,22). The number of nitrogens with zero attached hydrogens (tertiary/aromatic N) is 3. The number of carbonyl (C=O) groups is 1. The minimum Gasteiger partial charge on any atom is -0.480 e. The Hall–Kier alpha value is -2.14. The van der Waals surface area contributed by atoms with E-state index in [0.717, 1.165) is 37.2 Å². The van der Waals surface area contributed by atoms with Crippen LogP contribution in [0.4, 0.5) is 0 Å². The molecule has 1 N–H and O–H groups in total. The normalized spacial score (nSPS) is 16.8. The van der Waals surface area contributed by atoms with E-state index < -0.39 is 12.0 Å². The summed E-state index contributed by atoms with van der Waals surface area (Å²) in [5.74, 6) is -0.757. The van der Waals surface area contributed by atoms with Crippen molar-refractivity contribution in [3.63, 3.8) is 0 Å². The molecule has 1 aromatic heterocycles. The number of carboxylic acid groups (broad SMARTS) is 1. The zero-order valence-corrected chi connectivity index (χ0v) is 13.0. The lowest BCUT2D eigenvalue weighted by molar-refractivity contribution is -0.142. The van der Waals surface area contributed by atoms with Gasteiger partial charge in [0.1, 0.15) is 6.04 Å². The van der Waals surface area contributed by atoms with E-state index >= 15 is 0 Å². The van der Waals surface area contributed by atoms with E-state index in [0.29, 0.717) is 0 Å². The van der Waals surface area contributed by atoms with Gasteiger partial charge in [0.05, 0.1) is 5.69 Å². The molecule has 0 amide bonds. The van der Waals surface area contributed by atoms with Crippen molar-refractivity contribution in [3.05, 3.63) is 41.6 Å². The SMILES string of the molecule is CC(C(=O)O)N1CCc2c(-c3ccccc3)nn(C)c2CC1. The Balaban J connectivity index is 1.92. The van der Waals surface area contributed by atoms with Gasteiger partial charge in [-0.2, -0.15) is 5.10 Å². The average Bonchev–Trinajstić information content (AvgIpc) is 2.71. The second kappa shape index (κ2) is 5.93. The predicted molar refractivity (Wildman–Crippen MR) is 84.7 cm³/mol. The van der Waals surface area contributed by atoms with E-state index in [1.165, 1.54) is 11.3 Å². The number of aryl methyl sites for hydroxylation is 1. The number of hydrogen-bond acceptors (Lipinski definition) is 3. The molecule has 0 radical (unpaired) electrons. The molecule has 5 nitrogen and oxygen atoms in total. The maximum absolute atomic E-state index is 11.2. The molecule has 0 fully saturated rings. The molecular weight excluding hydrogens is 278 g/mol. The summed E-state index contributed by atoms with van der Waals surface area (Å²) in [6.07, 6.45) is 1.67. The van der Waals surface area contributed by atoms with Gasteiger partial charge in [0.2, 0.25) is 0 Å². The summed E-state index contributed by atoms with van der Waals surface area (Å²) in [6.45, 7) is 3.27. The van der Waals surface area contributed by atoms with Crippen molar-refractivity contribution in [1.29, 1.82) is 0 Å². The van der Waals surface area contributed by atoms with Crippen LogP contribution < -0.4 is 0 Å². The average molecular weight is 299 g/mol. The largest absolute Gasteiger partial charge is 0.480 e. The molecule has 22 heavy (non-hydrogen) atoms. The molecule has 2 heterocycles. The summed E-state index contributed by atoms with van der Waals surface area (Å²) in [6, 6.07) is 9.75. The molecule has 116 valence electrons. The number of aromatic nitrogens is 2. The van der Waals surface area contributed by atoms with Crippen molar-refractivity contribution in [2.24, 2.45) is 7.05 Å². The van der Waals surface area contributed by atoms with E-state index in [4.69, 9.17) is 5.10 Å². The van der Waals surface area contributed by atoms with Crippen LogP contribution in [0.5, 0.6) is 0 Å². The molecule has 0 saturated heterocycles. The van der Waals surface area contributed by atoms with Crippen molar-refractivity contribution in [3.8, 4) is 11.3 Å². The Morgan fingerprint density at radius 2 is 1.91 bits per heavy atom. The van der Waals surface area contributed by atoms with Crippen molar-refractivity contribution in [2.75, 3.05) is 13.1 Å². The van der Waals surface area contributed by atoms with Crippen LogP contribution in [-0.4, -0.2) is 44.9 Å². The number of fused-ring (bicyclic) bond motifs is 1. The molecule has 1 unspecified atom stereocenters. The van der Waals surface area contributed by atoms with Gasteiger partial charge in [-0.05, 0) is 13.3 Å². The van der Waals surface area contributed by atoms with Crippen LogP contribution in [-0.2, 0) is 24.7 Å². The Labute approximate surface area is 130 Å². The van der Waals surface area contributed by atoms with Gasteiger partial charge >= 0.3 is 5.97 Å². The molecule has 3 rings (SSSR count). The number of rotatable bonds is 3. The smallest absolute Gasteiger partial charge is 0.320 e. The quantitative estimate of drug-likeness (QED) is 0.941. The number of benzene rings is 1. The van der Waals surface area contributed by atoms with E-state index in [1.54, 1.807) is 6.92 Å². The van der Waals surface area contributed by atoms with Gasteiger partial charge in [-0.25, -0.2) is 0 Å². The molecule has 0 spiro atoms. The van der Waals surface area contributed by atoms with Crippen LogP contribution in [0.25, 0.3) is 11.3 Å². The minimum atomic E-state index is -0.757. The first-order valence-electron chi connectivity index (χ1n) is 7.65. The first-order chi connectivity index (χ1) is 10.6. The van der Waals surface area contributed by atoms with Gasteiger partial charge in [-0.15, -0.1) is 0 Å². The minimum absolute atomic E-state index is 0.442. The molecule has 1 aliphatic heterocycles. The zero-order chi connectivity index (χ0) is 15.7. The summed E-state index contributed by atoms with van der Waals surface area (Å²) in [4.78, 5) is 13.3. The molecule has 1 aromatic carbocycles. The van der Waals surface area contributed by atoms with Crippen LogP contribution in [0, 0.1) is 0 Å². The lowest BCUT2D eigenvalue weighted by Gasteiger charge is -2.24. The van der Waals surface area contributed by atoms with Crippen LogP contribution >= 0.6 is 0 Å². The summed E-state index contributed by atoms with van der Waals surface area (Å²) < 4.78 is 1.95. The van der Waals surface area contributed by atoms with E-state index in [9.17, 15) is 9.90 Å². The van der Waals surface area contributed by atoms with Gasteiger partial charge in [0.25, 0.3) is 0 Å². The van der Waals surface area contributed by atoms with Crippen LogP contribution in [0.1, 0.15) is 18.2 Å². The van der Waals surface area contributed by atoms with Crippen LogP contribution in [0.15, 0.2) is 30.3 Å². The number of hydrogen-bond donors (Lipinski definition) is 1. The third-order valence-electron chi connectivity index (χ3n) is 4.51. The second-order valence-corrected chi connectivity index (χ2v) is 5.81. The van der Waals surface area contributed by atoms with E-state index in [1.807, 2.05) is 34.8 Å². The fourth-order valence-corrected chi connectivity index (χ4v) is 3.17. The molecule has 0 saturated carbocycles. The highest BCUT2D eigenvalue weighted by Gasteiger charge is 2.26. The zero-order valence-electron chi connectivity index (χ0n) is 13.0. The lowest BCUT2D eigenvalue weighted by atomic mass is 10.0. The highest BCUT2D eigenvalue weighted by Crippen LogP contribution is 2.28. The van der Waals surface area contributed by atoms with E-state index in [-0.39, 0.29) is 0 Å². The summed E-state index contributed by atoms with van der Waals surface area (Å²) in [5.41, 5.74) is 4.63. The monoisotopic (exact) mass is 299 g/mol. The summed E-state index contributed by atoms with van der Waals surface area (Å²) in [7, 11) is 1.97. The maximum atomic E-state index is 11.2. The molecule has 1 aliphatic rings. The fourth-order valence-electron chi connectivity index (χ4n) is 3.17.